The molecule has 0 amide bonds. The van der Waals surface area contributed by atoms with Crippen molar-refractivity contribution in [1.29, 1.82) is 0 Å². The quantitative estimate of drug-likeness (QED) is 0.294. The molecule has 22 heavy (non-hydrogen) atoms. The molecule has 3 heteroatoms. The highest BCUT2D eigenvalue weighted by Gasteiger charge is 2.08. The number of hydrogen-bond acceptors (Lipinski definition) is 3. The second-order valence-electron chi connectivity index (χ2n) is 6.44. The van der Waals surface area contributed by atoms with Crippen LogP contribution in [0.1, 0.15) is 90.4 Å². The van der Waals surface area contributed by atoms with E-state index >= 15 is 0 Å². The zero-order chi connectivity index (χ0) is 16.5. The lowest BCUT2D eigenvalue weighted by atomic mass is 10.0. The van der Waals surface area contributed by atoms with Crippen LogP contribution in [-0.2, 0) is 0 Å². The van der Waals surface area contributed by atoms with Crippen molar-refractivity contribution in [3.63, 3.8) is 0 Å². The van der Waals surface area contributed by atoms with E-state index < -0.39 is 12.1 Å². The molecule has 0 aliphatic carbocycles. The highest BCUT2D eigenvalue weighted by Crippen LogP contribution is 2.12. The number of allylic oxidation sites excluding steroid dienone is 1. The van der Waals surface area contributed by atoms with Crippen LogP contribution in [0.15, 0.2) is 12.2 Å². The van der Waals surface area contributed by atoms with Gasteiger partial charge in [0, 0.05) is 0 Å². The molecule has 0 radical (unpaired) electrons. The summed E-state index contributed by atoms with van der Waals surface area (Å²) >= 11 is 0. The Morgan fingerprint density at radius 3 is 1.73 bits per heavy atom. The summed E-state index contributed by atoms with van der Waals surface area (Å²) in [6.45, 7) is 2.09. The molecule has 0 spiro atoms. The molecule has 0 aromatic heterocycles. The van der Waals surface area contributed by atoms with Crippen LogP contribution < -0.4 is 5.73 Å². The molecule has 0 bridgehead atoms. The van der Waals surface area contributed by atoms with Crippen LogP contribution in [-0.4, -0.2) is 29.0 Å². The number of aliphatic hydroxyl groups excluding tert-OH is 2. The maximum Gasteiger partial charge on any atom is 0.0894 e. The molecule has 0 saturated carbocycles. The molecule has 0 unspecified atom stereocenters. The molecular weight excluding hydrogens is 274 g/mol. The number of unbranched alkanes of at least 4 members (excludes halogenated alkanes) is 12. The van der Waals surface area contributed by atoms with Crippen LogP contribution in [0.2, 0.25) is 0 Å². The average Bonchev–Trinajstić information content (AvgIpc) is 2.54. The Morgan fingerprint density at radius 2 is 1.27 bits per heavy atom. The molecule has 0 aliphatic heterocycles. The van der Waals surface area contributed by atoms with Gasteiger partial charge in [0.1, 0.15) is 0 Å². The number of nitrogens with two attached hydrogens (primary N) is 1. The first-order valence-corrected chi connectivity index (χ1v) is 9.43. The lowest BCUT2D eigenvalue weighted by Crippen LogP contribution is -2.36. The topological polar surface area (TPSA) is 66.5 Å². The van der Waals surface area contributed by atoms with Gasteiger partial charge in [-0.1, -0.05) is 89.7 Å². The Labute approximate surface area is 138 Å². The highest BCUT2D eigenvalue weighted by molar-refractivity contribution is 4.93. The van der Waals surface area contributed by atoms with Crippen LogP contribution in [0.5, 0.6) is 0 Å². The minimum absolute atomic E-state index is 0.176. The Bertz CT molecular complexity index is 244. The van der Waals surface area contributed by atoms with Crippen molar-refractivity contribution in [2.45, 2.75) is 103 Å². The van der Waals surface area contributed by atoms with E-state index in [1.807, 2.05) is 6.08 Å². The van der Waals surface area contributed by atoms with E-state index in [-0.39, 0.29) is 6.61 Å². The lowest BCUT2D eigenvalue weighted by Gasteiger charge is -2.11. The summed E-state index contributed by atoms with van der Waals surface area (Å²) in [6.07, 6.45) is 20.3. The van der Waals surface area contributed by atoms with Gasteiger partial charge in [-0.15, -0.1) is 0 Å². The first kappa shape index (κ1) is 21.6. The molecule has 0 aliphatic rings. The van der Waals surface area contributed by atoms with Crippen molar-refractivity contribution >= 4 is 0 Å². The van der Waals surface area contributed by atoms with E-state index in [2.05, 4.69) is 6.92 Å². The summed E-state index contributed by atoms with van der Waals surface area (Å²) in [6, 6.07) is -0.557. The van der Waals surface area contributed by atoms with Gasteiger partial charge in [0.25, 0.3) is 0 Å². The predicted octanol–water partition coefficient (Wildman–Crippen LogP) is 4.31. The second-order valence-corrected chi connectivity index (χ2v) is 6.44. The third kappa shape index (κ3) is 14.6. The fraction of sp³-hybridized carbons (Fsp3) is 0.895. The van der Waals surface area contributed by atoms with Gasteiger partial charge in [-0.05, 0) is 12.8 Å². The van der Waals surface area contributed by atoms with Crippen LogP contribution in [0.3, 0.4) is 0 Å². The number of hydrogen-bond donors (Lipinski definition) is 3. The summed E-state index contributed by atoms with van der Waals surface area (Å²) in [5, 5.41) is 18.3. The molecular formula is C19H39NO2. The van der Waals surface area contributed by atoms with Gasteiger partial charge >= 0.3 is 0 Å². The summed E-state index contributed by atoms with van der Waals surface area (Å²) < 4.78 is 0. The molecule has 0 rings (SSSR count). The van der Waals surface area contributed by atoms with E-state index in [0.717, 1.165) is 6.42 Å². The van der Waals surface area contributed by atoms with E-state index in [1.54, 1.807) is 6.08 Å². The van der Waals surface area contributed by atoms with Crippen molar-refractivity contribution < 1.29 is 10.2 Å². The summed E-state index contributed by atoms with van der Waals surface area (Å²) in [5.74, 6) is 0. The second kappa shape index (κ2) is 17.0. The van der Waals surface area contributed by atoms with E-state index in [9.17, 15) is 5.11 Å². The largest absolute Gasteiger partial charge is 0.395 e. The average molecular weight is 314 g/mol. The van der Waals surface area contributed by atoms with Gasteiger partial charge in [-0.2, -0.15) is 0 Å². The van der Waals surface area contributed by atoms with Crippen molar-refractivity contribution in [3.05, 3.63) is 12.2 Å². The van der Waals surface area contributed by atoms with Gasteiger partial charge in [-0.3, -0.25) is 0 Å². The van der Waals surface area contributed by atoms with Crippen molar-refractivity contribution in [1.82, 2.24) is 0 Å². The van der Waals surface area contributed by atoms with Crippen LogP contribution in [0, 0.1) is 0 Å². The standard InChI is InChI=1S/C19H39NO2/c1-2-3-4-5-6-7-8-9-10-11-12-13-14-15-16-19(22)18(20)17-21/h15-16,18-19,21-22H,2-14,17,20H2,1H3/t18-,19+/m0/s1. The summed E-state index contributed by atoms with van der Waals surface area (Å²) in [5.41, 5.74) is 5.52. The molecule has 2 atom stereocenters. The van der Waals surface area contributed by atoms with Crippen molar-refractivity contribution in [2.24, 2.45) is 5.73 Å². The maximum absolute atomic E-state index is 9.54. The normalized spacial score (nSPS) is 14.5. The summed E-state index contributed by atoms with van der Waals surface area (Å²) in [4.78, 5) is 0. The SMILES string of the molecule is CCCCCCCCCCCCCCC=C[C@@H](O)[C@@H](N)CO. The summed E-state index contributed by atoms with van der Waals surface area (Å²) in [7, 11) is 0. The number of rotatable bonds is 16. The van der Waals surface area contributed by atoms with E-state index in [0.29, 0.717) is 0 Å². The van der Waals surface area contributed by atoms with Gasteiger partial charge in [0.15, 0.2) is 0 Å². The minimum atomic E-state index is -0.720. The molecule has 132 valence electrons. The third-order valence-corrected chi connectivity index (χ3v) is 4.21. The van der Waals surface area contributed by atoms with Crippen molar-refractivity contribution in [3.8, 4) is 0 Å². The van der Waals surface area contributed by atoms with Crippen LogP contribution in [0.4, 0.5) is 0 Å². The molecule has 0 aromatic rings. The zero-order valence-corrected chi connectivity index (χ0v) is 14.7. The van der Waals surface area contributed by atoms with Crippen LogP contribution in [0.25, 0.3) is 0 Å². The van der Waals surface area contributed by atoms with Gasteiger partial charge < -0.3 is 15.9 Å². The fourth-order valence-electron chi connectivity index (χ4n) is 2.59. The zero-order valence-electron chi connectivity index (χ0n) is 14.7. The molecule has 4 N–H and O–H groups in total. The highest BCUT2D eigenvalue weighted by atomic mass is 16.3. The van der Waals surface area contributed by atoms with Crippen LogP contribution >= 0.6 is 0 Å². The molecule has 0 saturated heterocycles. The third-order valence-electron chi connectivity index (χ3n) is 4.21. The maximum atomic E-state index is 9.54. The molecule has 0 aromatic carbocycles. The van der Waals surface area contributed by atoms with E-state index in [4.69, 9.17) is 10.8 Å². The minimum Gasteiger partial charge on any atom is -0.395 e. The van der Waals surface area contributed by atoms with Crippen molar-refractivity contribution in [2.75, 3.05) is 6.61 Å². The Hall–Kier alpha value is -0.380. The monoisotopic (exact) mass is 313 g/mol. The Balaban J connectivity index is 3.19. The molecule has 0 heterocycles. The number of aliphatic hydroxyl groups is 2. The molecule has 3 nitrogen and oxygen atoms in total. The van der Waals surface area contributed by atoms with Gasteiger partial charge in [-0.25, -0.2) is 0 Å². The smallest absolute Gasteiger partial charge is 0.0894 e. The Morgan fingerprint density at radius 1 is 0.818 bits per heavy atom. The van der Waals surface area contributed by atoms with Gasteiger partial charge in [0.05, 0.1) is 18.8 Å². The van der Waals surface area contributed by atoms with Gasteiger partial charge in [0.2, 0.25) is 0 Å². The predicted molar refractivity (Wildman–Crippen MR) is 95.9 cm³/mol. The first-order valence-electron chi connectivity index (χ1n) is 9.43. The molecule has 0 fully saturated rings. The van der Waals surface area contributed by atoms with E-state index in [1.165, 1.54) is 77.0 Å². The first-order chi connectivity index (χ1) is 10.7. The lowest BCUT2D eigenvalue weighted by molar-refractivity contribution is 0.144. The Kier molecular flexibility index (Phi) is 16.7. The fourth-order valence-corrected chi connectivity index (χ4v) is 2.59.